The van der Waals surface area contributed by atoms with Crippen molar-refractivity contribution in [3.63, 3.8) is 0 Å². The number of likely N-dealkylation sites (tertiary alicyclic amines) is 1. The fourth-order valence-electron chi connectivity index (χ4n) is 7.15. The Kier molecular flexibility index (Phi) is 5.50. The van der Waals surface area contributed by atoms with Gasteiger partial charge in [0.1, 0.15) is 5.75 Å². The molecule has 34 heavy (non-hydrogen) atoms. The Morgan fingerprint density at radius 1 is 1.00 bits per heavy atom. The number of rotatable bonds is 3. The van der Waals surface area contributed by atoms with E-state index in [1.54, 1.807) is 12.1 Å². The van der Waals surface area contributed by atoms with Crippen LogP contribution in [-0.2, 0) is 16.6 Å². The Bertz CT molecular complexity index is 1130. The second kappa shape index (κ2) is 8.14. The predicted octanol–water partition coefficient (Wildman–Crippen LogP) is 4.91. The lowest BCUT2D eigenvalue weighted by Crippen LogP contribution is -2.65. The molecule has 2 aromatic rings. The van der Waals surface area contributed by atoms with E-state index >= 15 is 0 Å². The predicted molar refractivity (Wildman–Crippen MR) is 133 cm³/mol. The maximum Gasteiger partial charge on any atom is 0.248 e. The molecule has 1 aliphatic heterocycles. The minimum atomic E-state index is -0.381. The summed E-state index contributed by atoms with van der Waals surface area (Å²) in [7, 11) is 0. The van der Waals surface area contributed by atoms with Gasteiger partial charge in [0.2, 0.25) is 11.8 Å². The summed E-state index contributed by atoms with van der Waals surface area (Å²) in [5, 5.41) is 10.6. The van der Waals surface area contributed by atoms with E-state index in [-0.39, 0.29) is 40.5 Å². The highest BCUT2D eigenvalue weighted by atomic mass is 16.3. The summed E-state index contributed by atoms with van der Waals surface area (Å²) in [6.45, 7) is 7.66. The highest BCUT2D eigenvalue weighted by molar-refractivity contribution is 5.94. The summed E-state index contributed by atoms with van der Waals surface area (Å²) in [4.78, 5) is 27.9. The van der Waals surface area contributed by atoms with Crippen LogP contribution in [-0.4, -0.2) is 34.4 Å². The van der Waals surface area contributed by atoms with Gasteiger partial charge < -0.3 is 15.7 Å². The Labute approximate surface area is 202 Å². The topological polar surface area (TPSA) is 83.6 Å². The lowest BCUT2D eigenvalue weighted by molar-refractivity contribution is -0.149. The van der Waals surface area contributed by atoms with Crippen molar-refractivity contribution in [3.05, 3.63) is 64.7 Å². The molecular weight excluding hydrogens is 424 g/mol. The lowest BCUT2D eigenvalue weighted by atomic mass is 9.51. The maximum atomic E-state index is 13.8. The first kappa shape index (κ1) is 22.9. The molecule has 2 fully saturated rings. The Balaban J connectivity index is 1.35. The van der Waals surface area contributed by atoms with Crippen LogP contribution in [0.4, 0.5) is 0 Å². The molecule has 3 N–H and O–H groups in total. The van der Waals surface area contributed by atoms with Gasteiger partial charge in [0.05, 0.1) is 0 Å². The Hall–Kier alpha value is -2.82. The molecular formula is C29H36N2O3. The number of aromatic hydroxyl groups is 1. The first-order valence-electron chi connectivity index (χ1n) is 12.7. The number of hydrogen-bond donors (Lipinski definition) is 2. The van der Waals surface area contributed by atoms with Crippen molar-refractivity contribution in [2.45, 2.75) is 76.7 Å². The van der Waals surface area contributed by atoms with E-state index in [4.69, 9.17) is 5.73 Å². The number of hydrogen-bond acceptors (Lipinski definition) is 3. The van der Waals surface area contributed by atoms with E-state index in [1.807, 2.05) is 24.3 Å². The van der Waals surface area contributed by atoms with Gasteiger partial charge in [-0.05, 0) is 78.7 Å². The largest absolute Gasteiger partial charge is 0.508 e. The molecule has 5 rings (SSSR count). The van der Waals surface area contributed by atoms with Crippen molar-refractivity contribution in [2.24, 2.45) is 17.1 Å². The first-order chi connectivity index (χ1) is 16.1. The molecule has 3 aliphatic rings. The number of primary amides is 1. The molecule has 5 nitrogen and oxygen atoms in total. The monoisotopic (exact) mass is 460 g/mol. The summed E-state index contributed by atoms with van der Waals surface area (Å²) in [5.74, 6) is 0.524. The smallest absolute Gasteiger partial charge is 0.248 e. The van der Waals surface area contributed by atoms with E-state index < -0.39 is 0 Å². The number of fused-ring (bicyclic) bond motifs is 4. The highest BCUT2D eigenvalue weighted by Gasteiger charge is 2.57. The number of carbonyl (C=O) groups is 2. The highest BCUT2D eigenvalue weighted by Crippen LogP contribution is 2.57. The van der Waals surface area contributed by atoms with Gasteiger partial charge in [-0.3, -0.25) is 9.59 Å². The van der Waals surface area contributed by atoms with Crippen molar-refractivity contribution in [2.75, 3.05) is 6.54 Å². The van der Waals surface area contributed by atoms with E-state index in [2.05, 4.69) is 31.7 Å². The van der Waals surface area contributed by atoms with Crippen LogP contribution < -0.4 is 5.73 Å². The SMILES string of the molecule is CC1(C)[C@H]2Cc3c(O)cccc3[C@]1(C)CCN2C(=O)[C@H]1CC[C@@H](c2ccccc2C(N)=O)CC1. The zero-order valence-corrected chi connectivity index (χ0v) is 20.5. The molecule has 5 heteroatoms. The van der Waals surface area contributed by atoms with Crippen LogP contribution >= 0.6 is 0 Å². The third kappa shape index (κ3) is 3.35. The molecule has 0 unspecified atom stereocenters. The number of nitrogens with two attached hydrogens (primary N) is 1. The van der Waals surface area contributed by atoms with Gasteiger partial charge in [0.25, 0.3) is 0 Å². The number of nitrogens with zero attached hydrogens (tertiary/aromatic N) is 1. The van der Waals surface area contributed by atoms with Crippen LogP contribution in [0, 0.1) is 11.3 Å². The molecule has 2 amide bonds. The molecule has 1 saturated heterocycles. The molecule has 180 valence electrons. The average molecular weight is 461 g/mol. The molecule has 1 saturated carbocycles. The summed E-state index contributed by atoms with van der Waals surface area (Å²) in [6, 6.07) is 13.6. The fraction of sp³-hybridized carbons (Fsp3) is 0.517. The van der Waals surface area contributed by atoms with Crippen molar-refractivity contribution in [1.82, 2.24) is 4.90 Å². The van der Waals surface area contributed by atoms with Gasteiger partial charge in [-0.1, -0.05) is 51.1 Å². The summed E-state index contributed by atoms with van der Waals surface area (Å²) in [6.07, 6.45) is 5.06. The van der Waals surface area contributed by atoms with Crippen LogP contribution in [0.25, 0.3) is 0 Å². The maximum absolute atomic E-state index is 13.8. The summed E-state index contributed by atoms with van der Waals surface area (Å²) < 4.78 is 0. The minimum Gasteiger partial charge on any atom is -0.508 e. The summed E-state index contributed by atoms with van der Waals surface area (Å²) in [5.41, 5.74) is 9.34. The van der Waals surface area contributed by atoms with Crippen molar-refractivity contribution in [1.29, 1.82) is 0 Å². The molecule has 0 radical (unpaired) electrons. The van der Waals surface area contributed by atoms with Crippen molar-refractivity contribution >= 4 is 11.8 Å². The van der Waals surface area contributed by atoms with Crippen LogP contribution in [0.5, 0.6) is 5.75 Å². The molecule has 2 atom stereocenters. The number of carbonyl (C=O) groups excluding carboxylic acids is 2. The zero-order valence-electron chi connectivity index (χ0n) is 20.5. The average Bonchev–Trinajstić information content (AvgIpc) is 2.81. The zero-order chi connectivity index (χ0) is 24.3. The van der Waals surface area contributed by atoms with Crippen LogP contribution in [0.2, 0.25) is 0 Å². The van der Waals surface area contributed by atoms with Crippen LogP contribution in [0.15, 0.2) is 42.5 Å². The van der Waals surface area contributed by atoms with Gasteiger partial charge in [-0.15, -0.1) is 0 Å². The molecule has 2 bridgehead atoms. The van der Waals surface area contributed by atoms with Crippen molar-refractivity contribution in [3.8, 4) is 5.75 Å². The fourth-order valence-corrected chi connectivity index (χ4v) is 7.15. The van der Waals surface area contributed by atoms with E-state index in [9.17, 15) is 14.7 Å². The first-order valence-corrected chi connectivity index (χ1v) is 12.7. The number of piperidine rings is 1. The number of phenolic OH excluding ortho intramolecular Hbond substituents is 1. The van der Waals surface area contributed by atoms with E-state index in [0.29, 0.717) is 17.7 Å². The van der Waals surface area contributed by atoms with Gasteiger partial charge in [0.15, 0.2) is 0 Å². The molecule has 1 heterocycles. The van der Waals surface area contributed by atoms with Gasteiger partial charge >= 0.3 is 0 Å². The minimum absolute atomic E-state index is 0.0166. The second-order valence-corrected chi connectivity index (χ2v) is 11.4. The summed E-state index contributed by atoms with van der Waals surface area (Å²) >= 11 is 0. The molecule has 2 aliphatic carbocycles. The second-order valence-electron chi connectivity index (χ2n) is 11.4. The standard InChI is InChI=1S/C29H36N2O3/c1-28(2)25-17-22-23(9-6-10-24(22)32)29(28,3)15-16-31(25)27(34)19-13-11-18(12-14-19)20-7-4-5-8-21(20)26(30)33/h4-10,18-19,25,32H,11-17H2,1-3H3,(H2,30,33)/t18-,19+,25-,29+/m1/s1. The van der Waals surface area contributed by atoms with Crippen LogP contribution in [0.3, 0.4) is 0 Å². The number of phenols is 1. The third-order valence-corrected chi connectivity index (χ3v) is 9.65. The Morgan fingerprint density at radius 3 is 2.41 bits per heavy atom. The van der Waals surface area contributed by atoms with Crippen LogP contribution in [0.1, 0.15) is 85.8 Å². The number of amides is 2. The number of benzene rings is 2. The normalized spacial score (nSPS) is 29.9. The van der Waals surface area contributed by atoms with Gasteiger partial charge in [-0.2, -0.15) is 0 Å². The van der Waals surface area contributed by atoms with E-state index in [0.717, 1.165) is 49.8 Å². The lowest BCUT2D eigenvalue weighted by Gasteiger charge is -2.61. The molecule has 0 aromatic heterocycles. The third-order valence-electron chi connectivity index (χ3n) is 9.65. The van der Waals surface area contributed by atoms with E-state index in [1.165, 1.54) is 5.56 Å². The Morgan fingerprint density at radius 2 is 1.71 bits per heavy atom. The van der Waals surface area contributed by atoms with Gasteiger partial charge in [-0.25, -0.2) is 0 Å². The molecule has 2 aromatic carbocycles. The van der Waals surface area contributed by atoms with Crippen molar-refractivity contribution < 1.29 is 14.7 Å². The molecule has 0 spiro atoms. The quantitative estimate of drug-likeness (QED) is 0.683. The van der Waals surface area contributed by atoms with Gasteiger partial charge in [0, 0.05) is 29.5 Å².